The molecular formula is C12H9O2P. The second kappa shape index (κ2) is 4.72. The number of hydrogen-bond donors (Lipinski definition) is 0. The molecule has 0 saturated heterocycles. The predicted molar refractivity (Wildman–Crippen MR) is 60.2 cm³/mol. The Bertz CT molecular complexity index is 454. The van der Waals surface area contributed by atoms with Gasteiger partial charge in [-0.1, -0.05) is 30.3 Å². The van der Waals surface area contributed by atoms with E-state index in [1.54, 1.807) is 12.1 Å². The average Bonchev–Trinajstić information content (AvgIpc) is 2.31. The van der Waals surface area contributed by atoms with Crippen LogP contribution in [0.15, 0.2) is 54.6 Å². The van der Waals surface area contributed by atoms with Crippen LogP contribution in [0.5, 0.6) is 11.5 Å². The van der Waals surface area contributed by atoms with Gasteiger partial charge in [0.1, 0.15) is 11.5 Å². The van der Waals surface area contributed by atoms with Gasteiger partial charge in [0, 0.05) is 0 Å². The number of hydrogen-bond acceptors (Lipinski definition) is 2. The van der Waals surface area contributed by atoms with Crippen LogP contribution in [-0.2, 0) is 4.57 Å². The van der Waals surface area contributed by atoms with E-state index in [2.05, 4.69) is 0 Å². The van der Waals surface area contributed by atoms with Crippen LogP contribution in [0.25, 0.3) is 0 Å². The number of rotatable bonds is 3. The van der Waals surface area contributed by atoms with E-state index >= 15 is 0 Å². The fourth-order valence-corrected chi connectivity index (χ4v) is 1.59. The summed E-state index contributed by atoms with van der Waals surface area (Å²) >= 11 is 0. The molecule has 0 saturated carbocycles. The van der Waals surface area contributed by atoms with Crippen LogP contribution >= 0.6 is 8.46 Å². The van der Waals surface area contributed by atoms with E-state index in [-0.39, 0.29) is 8.46 Å². The van der Waals surface area contributed by atoms with E-state index in [1.165, 1.54) is 0 Å². The minimum absolute atomic E-state index is 0.0274. The number of para-hydroxylation sites is 2. The lowest BCUT2D eigenvalue weighted by molar-refractivity contribution is 0.486. The molecule has 0 radical (unpaired) electrons. The van der Waals surface area contributed by atoms with Crippen molar-refractivity contribution in [3.63, 3.8) is 0 Å². The van der Waals surface area contributed by atoms with Gasteiger partial charge in [-0.05, 0) is 24.3 Å². The Labute approximate surface area is 89.7 Å². The van der Waals surface area contributed by atoms with Crippen molar-refractivity contribution in [2.75, 3.05) is 0 Å². The van der Waals surface area contributed by atoms with Gasteiger partial charge in [-0.25, -0.2) is 0 Å². The maximum atomic E-state index is 10.8. The van der Waals surface area contributed by atoms with Crippen molar-refractivity contribution in [3.05, 3.63) is 54.6 Å². The zero-order chi connectivity index (χ0) is 10.5. The second-order valence-electron chi connectivity index (χ2n) is 2.97. The smallest absolute Gasteiger partial charge is 0.196 e. The van der Waals surface area contributed by atoms with Crippen LogP contribution in [-0.4, -0.2) is 0 Å². The average molecular weight is 216 g/mol. The molecule has 74 valence electrons. The molecule has 0 heterocycles. The van der Waals surface area contributed by atoms with Gasteiger partial charge in [-0.3, -0.25) is 4.57 Å². The van der Waals surface area contributed by atoms with Gasteiger partial charge in [0.2, 0.25) is 0 Å². The van der Waals surface area contributed by atoms with Gasteiger partial charge in [0.05, 0.1) is 5.30 Å². The first-order chi connectivity index (χ1) is 7.40. The molecule has 2 aromatic rings. The molecule has 0 aliphatic heterocycles. The highest BCUT2D eigenvalue weighted by Gasteiger charge is 2.02. The maximum absolute atomic E-state index is 10.8. The zero-order valence-electron chi connectivity index (χ0n) is 7.96. The van der Waals surface area contributed by atoms with Crippen LogP contribution in [0.2, 0.25) is 0 Å². The van der Waals surface area contributed by atoms with Crippen LogP contribution in [0.3, 0.4) is 0 Å². The Balaban J connectivity index is 2.28. The van der Waals surface area contributed by atoms with E-state index in [1.807, 2.05) is 42.5 Å². The van der Waals surface area contributed by atoms with Crippen LogP contribution < -0.4 is 10.0 Å². The van der Waals surface area contributed by atoms with Crippen LogP contribution in [0.1, 0.15) is 0 Å². The zero-order valence-corrected chi connectivity index (χ0v) is 8.85. The Morgan fingerprint density at radius 2 is 1.53 bits per heavy atom. The van der Waals surface area contributed by atoms with Gasteiger partial charge in [0.15, 0.2) is 8.46 Å². The van der Waals surface area contributed by atoms with Crippen molar-refractivity contribution >= 4 is 13.8 Å². The molecule has 15 heavy (non-hydrogen) atoms. The van der Waals surface area contributed by atoms with E-state index in [9.17, 15) is 4.57 Å². The normalized spacial score (nSPS) is 10.1. The SMILES string of the molecule is O=Pc1ccccc1Oc1ccccc1. The number of benzene rings is 2. The lowest BCUT2D eigenvalue weighted by Crippen LogP contribution is -1.97. The molecule has 0 aliphatic carbocycles. The highest BCUT2D eigenvalue weighted by atomic mass is 31.1. The molecular weight excluding hydrogens is 207 g/mol. The third kappa shape index (κ3) is 2.42. The van der Waals surface area contributed by atoms with Crippen molar-refractivity contribution in [1.29, 1.82) is 0 Å². The molecule has 0 spiro atoms. The molecule has 0 fully saturated rings. The van der Waals surface area contributed by atoms with Crippen molar-refractivity contribution in [2.24, 2.45) is 0 Å². The van der Waals surface area contributed by atoms with Gasteiger partial charge >= 0.3 is 0 Å². The van der Waals surface area contributed by atoms with Crippen LogP contribution in [0, 0.1) is 0 Å². The molecule has 3 heteroatoms. The summed E-state index contributed by atoms with van der Waals surface area (Å²) in [5.41, 5.74) is 0. The van der Waals surface area contributed by atoms with Crippen molar-refractivity contribution in [2.45, 2.75) is 0 Å². The fourth-order valence-electron chi connectivity index (χ4n) is 1.23. The summed E-state index contributed by atoms with van der Waals surface area (Å²) in [6.07, 6.45) is 0. The van der Waals surface area contributed by atoms with Crippen LogP contribution in [0.4, 0.5) is 0 Å². The Morgan fingerprint density at radius 3 is 2.27 bits per heavy atom. The molecule has 0 aliphatic rings. The van der Waals surface area contributed by atoms with E-state index < -0.39 is 0 Å². The number of ether oxygens (including phenoxy) is 1. The van der Waals surface area contributed by atoms with Gasteiger partial charge in [-0.15, -0.1) is 0 Å². The van der Waals surface area contributed by atoms with E-state index in [0.29, 0.717) is 11.1 Å². The van der Waals surface area contributed by atoms with Crippen molar-refractivity contribution in [3.8, 4) is 11.5 Å². The molecule has 2 aromatic carbocycles. The summed E-state index contributed by atoms with van der Waals surface area (Å²) in [5.74, 6) is 1.37. The Kier molecular flexibility index (Phi) is 3.11. The lowest BCUT2D eigenvalue weighted by Gasteiger charge is -2.06. The monoisotopic (exact) mass is 216 g/mol. The highest BCUT2D eigenvalue weighted by Crippen LogP contribution is 2.20. The topological polar surface area (TPSA) is 26.3 Å². The van der Waals surface area contributed by atoms with Gasteiger partial charge in [0.25, 0.3) is 0 Å². The quantitative estimate of drug-likeness (QED) is 0.735. The Morgan fingerprint density at radius 1 is 0.867 bits per heavy atom. The standard InChI is InChI=1S/C12H9O2P/c13-15-12-9-5-4-8-11(12)14-10-6-2-1-3-7-10/h1-9H. The van der Waals surface area contributed by atoms with E-state index in [0.717, 1.165) is 5.75 Å². The minimum atomic E-state index is -0.0274. The minimum Gasteiger partial charge on any atom is -0.456 e. The van der Waals surface area contributed by atoms with Crippen molar-refractivity contribution in [1.82, 2.24) is 0 Å². The first kappa shape index (κ1) is 9.88. The molecule has 0 bridgehead atoms. The third-order valence-electron chi connectivity index (χ3n) is 1.93. The summed E-state index contributed by atoms with van der Waals surface area (Å²) in [5, 5.41) is 0.654. The molecule has 2 rings (SSSR count). The molecule has 0 amide bonds. The summed E-state index contributed by atoms with van der Waals surface area (Å²) in [7, 11) is -0.0274. The van der Waals surface area contributed by atoms with Crippen molar-refractivity contribution < 1.29 is 9.30 Å². The van der Waals surface area contributed by atoms with Gasteiger partial charge < -0.3 is 4.74 Å². The van der Waals surface area contributed by atoms with Gasteiger partial charge in [-0.2, -0.15) is 0 Å². The predicted octanol–water partition coefficient (Wildman–Crippen LogP) is 3.40. The van der Waals surface area contributed by atoms with E-state index in [4.69, 9.17) is 4.74 Å². The summed E-state index contributed by atoms with van der Waals surface area (Å²) in [6, 6.07) is 16.7. The lowest BCUT2D eigenvalue weighted by atomic mass is 10.3. The summed E-state index contributed by atoms with van der Waals surface area (Å²) in [6.45, 7) is 0. The highest BCUT2D eigenvalue weighted by molar-refractivity contribution is 7.34. The fraction of sp³-hybridized carbons (Fsp3) is 0. The molecule has 0 atom stereocenters. The largest absolute Gasteiger partial charge is 0.456 e. The Hall–Kier alpha value is -1.66. The molecule has 0 unspecified atom stereocenters. The summed E-state index contributed by atoms with van der Waals surface area (Å²) in [4.78, 5) is 0. The molecule has 0 aromatic heterocycles. The molecule has 0 N–H and O–H groups in total. The second-order valence-corrected chi connectivity index (χ2v) is 3.64. The summed E-state index contributed by atoms with van der Waals surface area (Å²) < 4.78 is 16.4. The first-order valence-corrected chi connectivity index (χ1v) is 5.36. The maximum Gasteiger partial charge on any atom is 0.196 e. The molecule has 2 nitrogen and oxygen atoms in total. The third-order valence-corrected chi connectivity index (χ3v) is 2.50. The first-order valence-electron chi connectivity index (χ1n) is 4.55.